The molecule has 0 aliphatic heterocycles. The van der Waals surface area contributed by atoms with Gasteiger partial charge in [0, 0.05) is 18.6 Å². The summed E-state index contributed by atoms with van der Waals surface area (Å²) in [4.78, 5) is 0. The Morgan fingerprint density at radius 2 is 1.26 bits per heavy atom. The van der Waals surface area contributed by atoms with E-state index < -0.39 is 8.53 Å². The minimum Gasteiger partial charge on any atom is -0.328 e. The molecule has 0 radical (unpaired) electrons. The maximum absolute atomic E-state index is 6.60. The van der Waals surface area contributed by atoms with Gasteiger partial charge in [-0.2, -0.15) is 0 Å². The molecule has 0 aliphatic rings. The fourth-order valence-corrected chi connectivity index (χ4v) is 5.46. The van der Waals surface area contributed by atoms with E-state index >= 15 is 0 Å². The van der Waals surface area contributed by atoms with Crippen molar-refractivity contribution in [2.75, 3.05) is 19.8 Å². The van der Waals surface area contributed by atoms with Crippen molar-refractivity contribution >= 4 is 8.53 Å². The van der Waals surface area contributed by atoms with Crippen molar-refractivity contribution in [2.24, 2.45) is 11.1 Å². The molecule has 0 aromatic heterocycles. The fourth-order valence-electron chi connectivity index (χ4n) is 3.71. The highest BCUT2D eigenvalue weighted by Gasteiger charge is 2.33. The maximum Gasteiger partial charge on any atom is 0.259 e. The zero-order valence-corrected chi connectivity index (χ0v) is 20.3. The van der Waals surface area contributed by atoms with Gasteiger partial charge in [-0.3, -0.25) is 0 Å². The van der Waals surface area contributed by atoms with E-state index in [1.54, 1.807) is 0 Å². The molecule has 0 rings (SSSR count). The molecule has 0 saturated carbocycles. The summed E-state index contributed by atoms with van der Waals surface area (Å²) in [7, 11) is -1.06. The van der Waals surface area contributed by atoms with Crippen LogP contribution < -0.4 is 5.73 Å². The molecular weight excluding hydrogens is 355 g/mol. The van der Waals surface area contributed by atoms with Gasteiger partial charge in [0.25, 0.3) is 8.53 Å². The lowest BCUT2D eigenvalue weighted by Gasteiger charge is -2.39. The molecule has 2 N–H and O–H groups in total. The van der Waals surface area contributed by atoms with Crippen LogP contribution in [0.2, 0.25) is 0 Å². The second-order valence-electron chi connectivity index (χ2n) is 8.51. The highest BCUT2D eigenvalue weighted by Crippen LogP contribution is 2.49. The third kappa shape index (κ3) is 11.1. The minimum atomic E-state index is -1.06. The van der Waals surface area contributed by atoms with Crippen LogP contribution in [0.3, 0.4) is 0 Å². The Balaban J connectivity index is 5.32. The Labute approximate surface area is 171 Å². The average Bonchev–Trinajstić information content (AvgIpc) is 2.63. The summed E-state index contributed by atoms with van der Waals surface area (Å²) in [5, 5.41) is 0. The van der Waals surface area contributed by atoms with E-state index in [2.05, 4.69) is 53.1 Å². The largest absolute Gasteiger partial charge is 0.328 e. The molecule has 0 saturated heterocycles. The number of nitrogens with zero attached hydrogens (tertiary/aromatic N) is 1. The lowest BCUT2D eigenvalue weighted by Crippen LogP contribution is -2.35. The molecule has 0 bridgehead atoms. The van der Waals surface area contributed by atoms with Gasteiger partial charge in [-0.05, 0) is 52.4 Å². The first-order valence-electron chi connectivity index (χ1n) is 11.4. The number of hydrogen-bond acceptors (Lipinski definition) is 4. The van der Waals surface area contributed by atoms with Crippen molar-refractivity contribution < 1.29 is 9.05 Å². The maximum atomic E-state index is 6.60. The molecule has 4 nitrogen and oxygen atoms in total. The third-order valence-corrected chi connectivity index (χ3v) is 7.28. The first-order valence-corrected chi connectivity index (χ1v) is 12.5. The van der Waals surface area contributed by atoms with Gasteiger partial charge in [0.1, 0.15) is 0 Å². The average molecular weight is 405 g/mol. The van der Waals surface area contributed by atoms with Crippen LogP contribution in [-0.2, 0) is 9.05 Å². The predicted octanol–water partition coefficient (Wildman–Crippen LogP) is 6.88. The van der Waals surface area contributed by atoms with Gasteiger partial charge >= 0.3 is 0 Å². The molecule has 0 aromatic rings. The molecule has 164 valence electrons. The van der Waals surface area contributed by atoms with Crippen molar-refractivity contribution in [3.63, 3.8) is 0 Å². The van der Waals surface area contributed by atoms with Crippen molar-refractivity contribution in [1.82, 2.24) is 4.67 Å². The highest BCUT2D eigenvalue weighted by molar-refractivity contribution is 7.44. The molecule has 27 heavy (non-hydrogen) atoms. The monoisotopic (exact) mass is 404 g/mol. The summed E-state index contributed by atoms with van der Waals surface area (Å²) >= 11 is 0. The number of nitrogens with two attached hydrogens (primary N) is 1. The van der Waals surface area contributed by atoms with Crippen LogP contribution in [-0.4, -0.2) is 36.5 Å². The molecule has 1 atom stereocenters. The Morgan fingerprint density at radius 1 is 0.815 bits per heavy atom. The van der Waals surface area contributed by atoms with E-state index in [1.807, 2.05) is 0 Å². The standard InChI is InChI=1S/C22H49N2O2P/c1-8-11-14-22(15-12-9-2,16-13-10-3)19-26-27(25-18-17-23)24(20(4)5)21(6)7/h20-21H,8-19,23H2,1-7H3. The van der Waals surface area contributed by atoms with E-state index in [1.165, 1.54) is 57.8 Å². The Kier molecular flexibility index (Phi) is 16.3. The zero-order chi connectivity index (χ0) is 20.7. The van der Waals surface area contributed by atoms with Crippen LogP contribution in [0.5, 0.6) is 0 Å². The first-order chi connectivity index (χ1) is 12.9. The lowest BCUT2D eigenvalue weighted by molar-refractivity contribution is 0.0813. The van der Waals surface area contributed by atoms with Gasteiger partial charge in [-0.15, -0.1) is 0 Å². The first kappa shape index (κ1) is 27.3. The Bertz CT molecular complexity index is 311. The summed E-state index contributed by atoms with van der Waals surface area (Å²) in [6.07, 6.45) is 11.4. The summed E-state index contributed by atoms with van der Waals surface area (Å²) < 4.78 is 15.1. The summed E-state index contributed by atoms with van der Waals surface area (Å²) in [6, 6.07) is 0.787. The zero-order valence-electron chi connectivity index (χ0n) is 19.4. The minimum absolute atomic E-state index is 0.300. The molecule has 0 aliphatic carbocycles. The molecule has 5 heteroatoms. The van der Waals surface area contributed by atoms with Crippen LogP contribution in [0.25, 0.3) is 0 Å². The molecule has 0 aromatic carbocycles. The highest BCUT2D eigenvalue weighted by atomic mass is 31.2. The van der Waals surface area contributed by atoms with E-state index in [-0.39, 0.29) is 0 Å². The second kappa shape index (κ2) is 16.1. The Morgan fingerprint density at radius 3 is 1.59 bits per heavy atom. The van der Waals surface area contributed by atoms with Gasteiger partial charge in [0.15, 0.2) is 0 Å². The quantitative estimate of drug-likeness (QED) is 0.253. The molecule has 0 spiro atoms. The van der Waals surface area contributed by atoms with Crippen LogP contribution >= 0.6 is 8.53 Å². The SMILES string of the molecule is CCCCC(CCCC)(CCCC)COP(OCCN)N(C(C)C)C(C)C. The van der Waals surface area contributed by atoms with Crippen molar-refractivity contribution in [3.05, 3.63) is 0 Å². The number of hydrogen-bond donors (Lipinski definition) is 1. The van der Waals surface area contributed by atoms with Gasteiger partial charge in [-0.25, -0.2) is 4.67 Å². The van der Waals surface area contributed by atoms with Crippen LogP contribution in [0.15, 0.2) is 0 Å². The van der Waals surface area contributed by atoms with E-state index in [4.69, 9.17) is 14.8 Å². The fraction of sp³-hybridized carbons (Fsp3) is 1.00. The van der Waals surface area contributed by atoms with Gasteiger partial charge in [-0.1, -0.05) is 59.3 Å². The molecule has 1 unspecified atom stereocenters. The van der Waals surface area contributed by atoms with E-state index in [9.17, 15) is 0 Å². The van der Waals surface area contributed by atoms with Gasteiger partial charge in [0.2, 0.25) is 0 Å². The van der Waals surface area contributed by atoms with Crippen molar-refractivity contribution in [1.29, 1.82) is 0 Å². The second-order valence-corrected chi connectivity index (χ2v) is 9.97. The lowest BCUT2D eigenvalue weighted by atomic mass is 9.75. The normalized spacial score (nSPS) is 13.9. The molecule has 0 heterocycles. The summed E-state index contributed by atoms with van der Waals surface area (Å²) in [6.45, 7) is 17.7. The van der Waals surface area contributed by atoms with Crippen LogP contribution in [0, 0.1) is 5.41 Å². The number of rotatable bonds is 18. The van der Waals surface area contributed by atoms with Crippen LogP contribution in [0.1, 0.15) is 106 Å². The summed E-state index contributed by atoms with van der Waals surface area (Å²) in [5.74, 6) is 0. The van der Waals surface area contributed by atoms with Crippen molar-refractivity contribution in [2.45, 2.75) is 118 Å². The Hall–Kier alpha value is 0.270. The van der Waals surface area contributed by atoms with Crippen LogP contribution in [0.4, 0.5) is 0 Å². The molecular formula is C22H49N2O2P. The molecule has 0 amide bonds. The van der Waals surface area contributed by atoms with Gasteiger partial charge in [0.05, 0.1) is 13.2 Å². The third-order valence-electron chi connectivity index (χ3n) is 5.23. The number of unbranched alkanes of at least 4 members (excludes halogenated alkanes) is 3. The van der Waals surface area contributed by atoms with Gasteiger partial charge < -0.3 is 14.8 Å². The molecule has 0 fully saturated rings. The van der Waals surface area contributed by atoms with E-state index in [0.29, 0.717) is 30.7 Å². The smallest absolute Gasteiger partial charge is 0.259 e. The topological polar surface area (TPSA) is 47.7 Å². The van der Waals surface area contributed by atoms with Crippen molar-refractivity contribution in [3.8, 4) is 0 Å². The predicted molar refractivity (Wildman–Crippen MR) is 121 cm³/mol. The van der Waals surface area contributed by atoms with E-state index in [0.717, 1.165) is 6.61 Å². The summed E-state index contributed by atoms with van der Waals surface area (Å²) in [5.41, 5.74) is 6.02.